The standard InChI is InChI=1S/C16H11F5N2O2/c1-8(24)23(13-5-4-11(18)15(20)16(13)21)7-14(25)22-9-2-3-10(17)12(19)6-9/h2-6H,7H2,1H3,(H,22,25). The van der Waals surface area contributed by atoms with Gasteiger partial charge < -0.3 is 10.2 Å². The number of hydrogen-bond acceptors (Lipinski definition) is 2. The number of benzene rings is 2. The number of anilines is 2. The summed E-state index contributed by atoms with van der Waals surface area (Å²) < 4.78 is 66.1. The Kier molecular flexibility index (Phi) is 5.35. The van der Waals surface area contributed by atoms with Gasteiger partial charge in [-0.25, -0.2) is 22.0 Å². The van der Waals surface area contributed by atoms with Crippen LogP contribution in [-0.2, 0) is 9.59 Å². The van der Waals surface area contributed by atoms with Gasteiger partial charge in [0.15, 0.2) is 29.1 Å². The Hall–Kier alpha value is -2.97. The van der Waals surface area contributed by atoms with Crippen LogP contribution in [0, 0.1) is 29.1 Å². The highest BCUT2D eigenvalue weighted by Crippen LogP contribution is 2.24. The molecule has 9 heteroatoms. The number of halogens is 5. The van der Waals surface area contributed by atoms with E-state index in [9.17, 15) is 31.5 Å². The lowest BCUT2D eigenvalue weighted by atomic mass is 10.2. The van der Waals surface area contributed by atoms with Crippen molar-refractivity contribution in [2.75, 3.05) is 16.8 Å². The van der Waals surface area contributed by atoms with Crippen LogP contribution in [0.1, 0.15) is 6.92 Å². The van der Waals surface area contributed by atoms with Gasteiger partial charge >= 0.3 is 0 Å². The molecule has 0 saturated heterocycles. The Bertz CT molecular complexity index is 842. The van der Waals surface area contributed by atoms with Crippen molar-refractivity contribution in [1.82, 2.24) is 0 Å². The molecule has 2 amide bonds. The molecule has 132 valence electrons. The number of rotatable bonds is 4. The molecule has 2 aromatic rings. The van der Waals surface area contributed by atoms with Crippen LogP contribution < -0.4 is 10.2 Å². The van der Waals surface area contributed by atoms with Gasteiger partial charge in [0.2, 0.25) is 11.8 Å². The van der Waals surface area contributed by atoms with Crippen molar-refractivity contribution in [3.8, 4) is 0 Å². The molecule has 0 atom stereocenters. The van der Waals surface area contributed by atoms with Crippen molar-refractivity contribution >= 4 is 23.2 Å². The lowest BCUT2D eigenvalue weighted by Crippen LogP contribution is -2.37. The van der Waals surface area contributed by atoms with Gasteiger partial charge in [-0.1, -0.05) is 0 Å². The van der Waals surface area contributed by atoms with Gasteiger partial charge in [0.1, 0.15) is 6.54 Å². The number of hydrogen-bond donors (Lipinski definition) is 1. The number of nitrogens with one attached hydrogen (secondary N) is 1. The fourth-order valence-electron chi connectivity index (χ4n) is 2.01. The van der Waals surface area contributed by atoms with E-state index in [1.807, 2.05) is 0 Å². The van der Waals surface area contributed by atoms with Crippen molar-refractivity contribution in [3.05, 3.63) is 59.4 Å². The molecule has 25 heavy (non-hydrogen) atoms. The van der Waals surface area contributed by atoms with Gasteiger partial charge in [0.05, 0.1) is 5.69 Å². The van der Waals surface area contributed by atoms with Crippen LogP contribution in [0.2, 0.25) is 0 Å². The van der Waals surface area contributed by atoms with Crippen LogP contribution in [-0.4, -0.2) is 18.4 Å². The highest BCUT2D eigenvalue weighted by atomic mass is 19.2. The second-order valence-corrected chi connectivity index (χ2v) is 4.98. The molecule has 0 bridgehead atoms. The Balaban J connectivity index is 2.22. The Morgan fingerprint density at radius 2 is 1.56 bits per heavy atom. The summed E-state index contributed by atoms with van der Waals surface area (Å²) in [4.78, 5) is 24.2. The summed E-state index contributed by atoms with van der Waals surface area (Å²) in [7, 11) is 0. The van der Waals surface area contributed by atoms with Crippen molar-refractivity contribution in [3.63, 3.8) is 0 Å². The summed E-state index contributed by atoms with van der Waals surface area (Å²) in [6.45, 7) is 0.238. The maximum absolute atomic E-state index is 13.8. The topological polar surface area (TPSA) is 49.4 Å². The minimum atomic E-state index is -1.79. The zero-order valence-corrected chi connectivity index (χ0v) is 12.7. The molecular formula is C16H11F5N2O2. The first-order chi connectivity index (χ1) is 11.7. The van der Waals surface area contributed by atoms with E-state index in [0.29, 0.717) is 17.0 Å². The maximum Gasteiger partial charge on any atom is 0.244 e. The summed E-state index contributed by atoms with van der Waals surface area (Å²) in [5.74, 6) is -8.88. The maximum atomic E-state index is 13.8. The van der Waals surface area contributed by atoms with Crippen molar-refractivity contribution in [1.29, 1.82) is 0 Å². The molecule has 0 heterocycles. The van der Waals surface area contributed by atoms with E-state index in [-0.39, 0.29) is 5.69 Å². The second kappa shape index (κ2) is 7.29. The lowest BCUT2D eigenvalue weighted by Gasteiger charge is -2.21. The third-order valence-electron chi connectivity index (χ3n) is 3.19. The second-order valence-electron chi connectivity index (χ2n) is 4.98. The summed E-state index contributed by atoms with van der Waals surface area (Å²) in [5.41, 5.74) is -0.731. The van der Waals surface area contributed by atoms with E-state index in [2.05, 4.69) is 5.32 Å². The van der Waals surface area contributed by atoms with Crippen LogP contribution in [0.25, 0.3) is 0 Å². The lowest BCUT2D eigenvalue weighted by molar-refractivity contribution is -0.120. The van der Waals surface area contributed by atoms with Gasteiger partial charge in [0.25, 0.3) is 0 Å². The van der Waals surface area contributed by atoms with Gasteiger partial charge in [0, 0.05) is 18.7 Å². The normalized spacial score (nSPS) is 10.5. The quantitative estimate of drug-likeness (QED) is 0.673. The van der Waals surface area contributed by atoms with Crippen LogP contribution in [0.4, 0.5) is 33.3 Å². The van der Waals surface area contributed by atoms with Gasteiger partial charge in [-0.3, -0.25) is 9.59 Å². The van der Waals surface area contributed by atoms with Crippen molar-refractivity contribution in [2.45, 2.75) is 6.92 Å². The van der Waals surface area contributed by atoms with Crippen LogP contribution in [0.3, 0.4) is 0 Å². The average molecular weight is 358 g/mol. The molecule has 0 spiro atoms. The summed E-state index contributed by atoms with van der Waals surface area (Å²) in [6.07, 6.45) is 0. The molecule has 0 unspecified atom stereocenters. The third kappa shape index (κ3) is 4.11. The molecule has 2 aromatic carbocycles. The third-order valence-corrected chi connectivity index (χ3v) is 3.19. The molecule has 1 N–H and O–H groups in total. The first-order valence-electron chi connectivity index (χ1n) is 6.87. The van der Waals surface area contributed by atoms with Crippen molar-refractivity contribution < 1.29 is 31.5 Å². The Labute approximate surface area is 138 Å². The molecule has 0 aliphatic rings. The number of nitrogens with zero attached hydrogens (tertiary/aromatic N) is 1. The summed E-state index contributed by atoms with van der Waals surface area (Å²) in [5, 5.41) is 2.18. The fraction of sp³-hybridized carbons (Fsp3) is 0.125. The molecule has 0 aliphatic heterocycles. The summed E-state index contributed by atoms with van der Waals surface area (Å²) in [6, 6.07) is 3.98. The van der Waals surface area contributed by atoms with Crippen LogP contribution in [0.5, 0.6) is 0 Å². The largest absolute Gasteiger partial charge is 0.324 e. The van der Waals surface area contributed by atoms with E-state index in [0.717, 1.165) is 25.1 Å². The monoisotopic (exact) mass is 358 g/mol. The summed E-state index contributed by atoms with van der Waals surface area (Å²) >= 11 is 0. The first kappa shape index (κ1) is 18.4. The number of carbonyl (C=O) groups is 2. The van der Waals surface area contributed by atoms with Gasteiger partial charge in [-0.05, 0) is 24.3 Å². The highest BCUT2D eigenvalue weighted by molar-refractivity contribution is 6.01. The first-order valence-corrected chi connectivity index (χ1v) is 6.87. The fourth-order valence-corrected chi connectivity index (χ4v) is 2.01. The zero-order valence-electron chi connectivity index (χ0n) is 12.7. The zero-order chi connectivity index (χ0) is 18.7. The molecular weight excluding hydrogens is 347 g/mol. The number of amides is 2. The number of carbonyl (C=O) groups excluding carboxylic acids is 2. The van der Waals surface area contributed by atoms with Gasteiger partial charge in [-0.15, -0.1) is 0 Å². The Morgan fingerprint density at radius 1 is 0.920 bits per heavy atom. The molecule has 2 rings (SSSR count). The van der Waals surface area contributed by atoms with E-state index < -0.39 is 53.1 Å². The minimum absolute atomic E-state index is 0.0989. The predicted octanol–water partition coefficient (Wildman–Crippen LogP) is 3.37. The van der Waals surface area contributed by atoms with E-state index in [4.69, 9.17) is 0 Å². The predicted molar refractivity (Wildman–Crippen MR) is 79.3 cm³/mol. The molecule has 0 fully saturated rings. The SMILES string of the molecule is CC(=O)N(CC(=O)Nc1ccc(F)c(F)c1)c1ccc(F)c(F)c1F. The minimum Gasteiger partial charge on any atom is -0.324 e. The average Bonchev–Trinajstić information content (AvgIpc) is 2.54. The van der Waals surface area contributed by atoms with E-state index in [1.54, 1.807) is 0 Å². The Morgan fingerprint density at radius 3 is 2.16 bits per heavy atom. The molecule has 0 aromatic heterocycles. The molecule has 0 saturated carbocycles. The molecule has 0 aliphatic carbocycles. The van der Waals surface area contributed by atoms with Gasteiger partial charge in [-0.2, -0.15) is 0 Å². The molecule has 4 nitrogen and oxygen atoms in total. The van der Waals surface area contributed by atoms with E-state index in [1.165, 1.54) is 0 Å². The van der Waals surface area contributed by atoms with Crippen LogP contribution >= 0.6 is 0 Å². The molecule has 0 radical (unpaired) electrons. The van der Waals surface area contributed by atoms with Crippen molar-refractivity contribution in [2.24, 2.45) is 0 Å². The van der Waals surface area contributed by atoms with E-state index >= 15 is 0 Å². The smallest absolute Gasteiger partial charge is 0.244 e. The highest BCUT2D eigenvalue weighted by Gasteiger charge is 2.23. The van der Waals surface area contributed by atoms with Crippen LogP contribution in [0.15, 0.2) is 30.3 Å².